The van der Waals surface area contributed by atoms with E-state index in [0.29, 0.717) is 0 Å². The van der Waals surface area contributed by atoms with E-state index in [1.165, 1.54) is 304 Å². The van der Waals surface area contributed by atoms with Crippen LogP contribution in [0.4, 0.5) is 0 Å². The lowest BCUT2D eigenvalue weighted by Gasteiger charge is -2.16. The predicted molar refractivity (Wildman–Crippen MR) is 625 cm³/mol. The van der Waals surface area contributed by atoms with E-state index in [9.17, 15) is 0 Å². The highest BCUT2D eigenvalue weighted by Crippen LogP contribution is 2.49. The van der Waals surface area contributed by atoms with Gasteiger partial charge in [0.1, 0.15) is 0 Å². The molecule has 0 heterocycles. The summed E-state index contributed by atoms with van der Waals surface area (Å²) in [5.41, 5.74) is 17.1. The van der Waals surface area contributed by atoms with Gasteiger partial charge in [-0.05, 0) is 371 Å². The summed E-state index contributed by atoms with van der Waals surface area (Å²) >= 11 is 0. The average Bonchev–Trinajstić information content (AvgIpc) is 0.740. The number of hydrogen-bond donors (Lipinski definition) is 0. The van der Waals surface area contributed by atoms with E-state index < -0.39 is 0 Å². The van der Waals surface area contributed by atoms with Gasteiger partial charge in [0.25, 0.3) is 0 Å². The first kappa shape index (κ1) is 82.4. The number of rotatable bonds is 7. The fourth-order valence-corrected chi connectivity index (χ4v) is 24.5. The molecule has 0 spiro atoms. The summed E-state index contributed by atoms with van der Waals surface area (Å²) in [4.78, 5) is 0. The molecule has 0 saturated carbocycles. The summed E-state index contributed by atoms with van der Waals surface area (Å²) in [6.45, 7) is 0. The molecule has 0 N–H and O–H groups in total. The first-order valence-corrected chi connectivity index (χ1v) is 50.1. The van der Waals surface area contributed by atoms with Gasteiger partial charge in [-0.25, -0.2) is 0 Å². The monoisotopic (exact) mass is 1820 g/mol. The van der Waals surface area contributed by atoms with Crippen molar-refractivity contribution in [2.24, 2.45) is 0 Å². The lowest BCUT2D eigenvalue weighted by atomic mass is 9.88. The lowest BCUT2D eigenvalue weighted by molar-refractivity contribution is 1.60. The summed E-state index contributed by atoms with van der Waals surface area (Å²) in [6, 6.07) is 198. The molecule has 31 rings (SSSR count). The highest BCUT2D eigenvalue weighted by molar-refractivity contribution is 6.33. The van der Waals surface area contributed by atoms with Gasteiger partial charge >= 0.3 is 0 Å². The van der Waals surface area contributed by atoms with Crippen LogP contribution in [0, 0.1) is 0 Å². The van der Waals surface area contributed by atoms with Crippen LogP contribution >= 0.6 is 0 Å². The maximum Gasteiger partial charge on any atom is -0.00928 e. The molecule has 144 heavy (non-hydrogen) atoms. The van der Waals surface area contributed by atoms with Gasteiger partial charge < -0.3 is 0 Å². The molecule has 0 fully saturated rings. The van der Waals surface area contributed by atoms with E-state index in [4.69, 9.17) is 0 Å². The number of fused-ring (bicyclic) bond motifs is 42. The van der Waals surface area contributed by atoms with Crippen LogP contribution in [-0.4, -0.2) is 0 Å². The Labute approximate surface area is 831 Å². The molecule has 0 amide bonds. The van der Waals surface area contributed by atoms with Crippen molar-refractivity contribution in [3.8, 4) is 77.9 Å². The average molecular weight is 1820 g/mol. The maximum atomic E-state index is 2.42. The highest BCUT2D eigenvalue weighted by Gasteiger charge is 2.22. The summed E-state index contributed by atoms with van der Waals surface area (Å²) in [6.07, 6.45) is 0. The second kappa shape index (κ2) is 33.5. The third kappa shape index (κ3) is 13.4. The number of hydrogen-bond acceptors (Lipinski definition) is 0. The standard InChI is InChI=1S/C60H36.2C42H26/c1-4-19-49-43(13-1)46-16-7-10-22-52(46)58-34-37(25-28-55(49)58)40-31-41(38-26-29-56-50-20-5-2-14-44(50)47-17-8-11-23-53(47)59(56)35-38)33-42(32-40)39-27-30-57-51-21-6-3-15-45(51)48-18-9-12-24-54(48)60(57)36-39;1-3-16-35-31(12-1)33-14-5-7-18-37(33)41-25-29(20-22-39(35)41)27-10-9-11-28(24-27)30-21-23-40-36-17-4-2-13-32(36)34-15-6-8-19-38(34)42(40)26-30;1-3-13-35-31(9-1)33-11-5-7-15-37(33)41-25-29(21-23-39(35)41)27-17-19-28(20-18-27)30-22-24-40-36-14-4-2-10-32(36)34-12-6-8-16-38(34)42(40)26-30/h1-36H;2*1-26H. The Morgan fingerprint density at radius 2 is 0.139 bits per heavy atom. The Balaban J connectivity index is 0.000000105. The van der Waals surface area contributed by atoms with Crippen LogP contribution in [0.25, 0.3) is 304 Å². The molecule has 0 nitrogen and oxygen atoms in total. The quantitative estimate of drug-likeness (QED) is 0.140. The van der Waals surface area contributed by atoms with E-state index in [2.05, 4.69) is 534 Å². The van der Waals surface area contributed by atoms with Crippen molar-refractivity contribution < 1.29 is 0 Å². The normalized spacial score (nSPS) is 11.9. The van der Waals surface area contributed by atoms with Crippen LogP contribution in [0.2, 0.25) is 0 Å². The Morgan fingerprint density at radius 3 is 0.278 bits per heavy atom. The molecule has 0 bridgehead atoms. The fourth-order valence-electron chi connectivity index (χ4n) is 24.5. The maximum absolute atomic E-state index is 2.42. The molecule has 0 unspecified atom stereocenters. The van der Waals surface area contributed by atoms with E-state index in [0.717, 1.165) is 0 Å². The van der Waals surface area contributed by atoms with Gasteiger partial charge in [-0.3, -0.25) is 0 Å². The fraction of sp³-hybridized carbons (Fsp3) is 0. The topological polar surface area (TPSA) is 0 Å². The smallest absolute Gasteiger partial charge is 0.00928 e. The first-order valence-electron chi connectivity index (χ1n) is 50.1. The van der Waals surface area contributed by atoms with Crippen LogP contribution < -0.4 is 0 Å². The molecule has 0 aliphatic heterocycles. The van der Waals surface area contributed by atoms with Crippen molar-refractivity contribution in [3.63, 3.8) is 0 Å². The number of benzene rings is 31. The first-order chi connectivity index (χ1) is 71.4. The van der Waals surface area contributed by atoms with Gasteiger partial charge in [-0.1, -0.05) is 467 Å². The summed E-state index contributed by atoms with van der Waals surface area (Å²) in [5, 5.41) is 54.6. The second-order valence-electron chi connectivity index (χ2n) is 38.9. The molecule has 0 aliphatic carbocycles. The van der Waals surface area contributed by atoms with Crippen molar-refractivity contribution in [2.45, 2.75) is 0 Å². The van der Waals surface area contributed by atoms with Gasteiger partial charge in [0.15, 0.2) is 0 Å². The van der Waals surface area contributed by atoms with E-state index in [1.54, 1.807) is 0 Å². The highest BCUT2D eigenvalue weighted by atomic mass is 14.3. The third-order valence-electron chi connectivity index (χ3n) is 31.2. The van der Waals surface area contributed by atoms with Crippen LogP contribution in [0.1, 0.15) is 0 Å². The summed E-state index contributed by atoms with van der Waals surface area (Å²) in [5.74, 6) is 0. The zero-order chi connectivity index (χ0) is 94.6. The summed E-state index contributed by atoms with van der Waals surface area (Å²) in [7, 11) is 0. The molecule has 31 aromatic carbocycles. The van der Waals surface area contributed by atoms with E-state index in [-0.39, 0.29) is 0 Å². The zero-order valence-electron chi connectivity index (χ0n) is 78.8. The van der Waals surface area contributed by atoms with Crippen molar-refractivity contribution >= 4 is 226 Å². The van der Waals surface area contributed by atoms with Gasteiger partial charge in [-0.2, -0.15) is 0 Å². The van der Waals surface area contributed by atoms with Crippen molar-refractivity contribution in [3.05, 3.63) is 534 Å². The molecular weight excluding hydrogens is 1730 g/mol. The van der Waals surface area contributed by atoms with E-state index in [1.807, 2.05) is 0 Å². The largest absolute Gasteiger partial charge is 0.0616 e. The van der Waals surface area contributed by atoms with Crippen LogP contribution in [0.3, 0.4) is 0 Å². The molecule has 0 aromatic heterocycles. The zero-order valence-corrected chi connectivity index (χ0v) is 78.8. The van der Waals surface area contributed by atoms with Gasteiger partial charge in [0.2, 0.25) is 0 Å². The molecule has 0 radical (unpaired) electrons. The van der Waals surface area contributed by atoms with Gasteiger partial charge in [0, 0.05) is 0 Å². The summed E-state index contributed by atoms with van der Waals surface area (Å²) < 4.78 is 0. The lowest BCUT2D eigenvalue weighted by Crippen LogP contribution is -1.89. The van der Waals surface area contributed by atoms with Crippen LogP contribution in [0.15, 0.2) is 534 Å². The predicted octanol–water partition coefficient (Wildman–Crippen LogP) is 40.9. The molecule has 0 aliphatic rings. The van der Waals surface area contributed by atoms with Crippen molar-refractivity contribution in [1.29, 1.82) is 0 Å². The van der Waals surface area contributed by atoms with E-state index >= 15 is 0 Å². The van der Waals surface area contributed by atoms with Gasteiger partial charge in [-0.15, -0.1) is 0 Å². The Bertz CT molecular complexity index is 9860. The minimum Gasteiger partial charge on any atom is -0.0616 e. The van der Waals surface area contributed by atoms with Crippen molar-refractivity contribution in [1.82, 2.24) is 0 Å². The molecule has 0 saturated heterocycles. The molecule has 31 aromatic rings. The Kier molecular flexibility index (Phi) is 19.2. The second-order valence-corrected chi connectivity index (χ2v) is 38.9. The molecule has 0 heteroatoms. The molecule has 664 valence electrons. The molecule has 0 atom stereocenters. The van der Waals surface area contributed by atoms with Gasteiger partial charge in [0.05, 0.1) is 0 Å². The Morgan fingerprint density at radius 1 is 0.0486 bits per heavy atom. The van der Waals surface area contributed by atoms with Crippen LogP contribution in [0.5, 0.6) is 0 Å². The Hall–Kier alpha value is -18.7. The minimum atomic E-state index is 1.20. The van der Waals surface area contributed by atoms with Crippen molar-refractivity contribution in [2.75, 3.05) is 0 Å². The SMILES string of the molecule is c1cc(-c2ccc3c4ccccc4c4ccccc4c3c2)cc(-c2ccc3c4ccccc4c4ccccc4c3c2)c1.c1ccc2c(c1)c1ccccc1c1cc(-c3cc(-c4ccc5c6ccccc6c6ccccc6c5c4)cc(-c4ccc5c6ccccc6c6ccccc6c5c4)c3)ccc21.c1ccc2c(c1)c1ccccc1c1cc(-c3ccc(-c4ccc5c6ccccc6c6ccccc6c5c4)cc3)ccc21. The molecular formula is C144H88. The minimum absolute atomic E-state index is 1.20. The third-order valence-corrected chi connectivity index (χ3v) is 31.2. The van der Waals surface area contributed by atoms with Crippen LogP contribution in [-0.2, 0) is 0 Å².